The first kappa shape index (κ1) is 20.6. The van der Waals surface area contributed by atoms with Crippen molar-refractivity contribution in [2.75, 3.05) is 7.11 Å². The van der Waals surface area contributed by atoms with Crippen LogP contribution in [0.5, 0.6) is 0 Å². The molecule has 1 heterocycles. The first-order valence-corrected chi connectivity index (χ1v) is 9.90. The molecular weight excluding hydrogens is 443 g/mol. The molecule has 0 aliphatic rings. The van der Waals surface area contributed by atoms with Gasteiger partial charge in [0.25, 0.3) is 5.91 Å². The van der Waals surface area contributed by atoms with Crippen LogP contribution in [0.25, 0.3) is 16.3 Å². The highest BCUT2D eigenvalue weighted by atomic mass is 35.5. The first-order chi connectivity index (χ1) is 13.4. The fourth-order valence-electron chi connectivity index (χ4n) is 2.46. The zero-order valence-corrected chi connectivity index (χ0v) is 17.6. The summed E-state index contributed by atoms with van der Waals surface area (Å²) in [5, 5.41) is 1.32. The van der Waals surface area contributed by atoms with Gasteiger partial charge in [0.15, 0.2) is 4.80 Å². The van der Waals surface area contributed by atoms with Gasteiger partial charge >= 0.3 is 5.97 Å². The number of benzene rings is 2. The SMILES string of the molecule is COC(=O)Cn1c(=NC(=O)/C=C/c2ccccc2Cl)sc2cc(Cl)cc(Cl)c21. The van der Waals surface area contributed by atoms with Gasteiger partial charge in [-0.15, -0.1) is 0 Å². The quantitative estimate of drug-likeness (QED) is 0.412. The Bertz CT molecular complexity index is 1160. The van der Waals surface area contributed by atoms with Crippen molar-refractivity contribution in [2.45, 2.75) is 6.54 Å². The van der Waals surface area contributed by atoms with E-state index in [2.05, 4.69) is 4.99 Å². The molecule has 3 rings (SSSR count). The van der Waals surface area contributed by atoms with Crippen molar-refractivity contribution in [3.8, 4) is 0 Å². The number of ether oxygens (including phenoxy) is 1. The van der Waals surface area contributed by atoms with E-state index in [-0.39, 0.29) is 6.54 Å². The first-order valence-electron chi connectivity index (χ1n) is 7.95. The summed E-state index contributed by atoms with van der Waals surface area (Å²) in [5.41, 5.74) is 1.25. The van der Waals surface area contributed by atoms with Crippen LogP contribution in [0.2, 0.25) is 15.1 Å². The average Bonchev–Trinajstić information content (AvgIpc) is 2.97. The number of nitrogens with zero attached hydrogens (tertiary/aromatic N) is 2. The highest BCUT2D eigenvalue weighted by Crippen LogP contribution is 2.29. The van der Waals surface area contributed by atoms with Crippen LogP contribution in [-0.4, -0.2) is 23.6 Å². The van der Waals surface area contributed by atoms with Crippen LogP contribution in [-0.2, 0) is 20.9 Å². The molecule has 144 valence electrons. The fourth-order valence-corrected chi connectivity index (χ4v) is 4.47. The number of thiazole rings is 1. The molecule has 0 saturated carbocycles. The van der Waals surface area contributed by atoms with Gasteiger partial charge in [0, 0.05) is 16.1 Å². The monoisotopic (exact) mass is 454 g/mol. The van der Waals surface area contributed by atoms with Crippen LogP contribution in [0.4, 0.5) is 0 Å². The fraction of sp³-hybridized carbons (Fsp3) is 0.105. The molecule has 0 saturated heterocycles. The van der Waals surface area contributed by atoms with Crippen molar-refractivity contribution in [2.24, 2.45) is 4.99 Å². The van der Waals surface area contributed by atoms with Crippen molar-refractivity contribution < 1.29 is 14.3 Å². The summed E-state index contributed by atoms with van der Waals surface area (Å²) in [7, 11) is 1.28. The number of hydrogen-bond donors (Lipinski definition) is 0. The number of carbonyl (C=O) groups excluding carboxylic acids is 2. The number of carbonyl (C=O) groups is 2. The number of halogens is 3. The molecule has 0 aliphatic heterocycles. The molecule has 0 bridgehead atoms. The van der Waals surface area contributed by atoms with Crippen LogP contribution >= 0.6 is 46.1 Å². The number of hydrogen-bond acceptors (Lipinski definition) is 4. The number of aromatic nitrogens is 1. The molecule has 5 nitrogen and oxygen atoms in total. The van der Waals surface area contributed by atoms with Gasteiger partial charge in [-0.05, 0) is 29.8 Å². The van der Waals surface area contributed by atoms with E-state index in [0.29, 0.717) is 35.6 Å². The number of amides is 1. The number of rotatable bonds is 4. The van der Waals surface area contributed by atoms with Crippen LogP contribution in [0.3, 0.4) is 0 Å². The third-order valence-electron chi connectivity index (χ3n) is 3.73. The smallest absolute Gasteiger partial charge is 0.325 e. The molecule has 0 spiro atoms. The van der Waals surface area contributed by atoms with Crippen molar-refractivity contribution in [3.63, 3.8) is 0 Å². The summed E-state index contributed by atoms with van der Waals surface area (Å²) < 4.78 is 6.97. The lowest BCUT2D eigenvalue weighted by molar-refractivity contribution is -0.141. The maximum Gasteiger partial charge on any atom is 0.325 e. The maximum absolute atomic E-state index is 12.4. The predicted molar refractivity (Wildman–Crippen MR) is 113 cm³/mol. The summed E-state index contributed by atoms with van der Waals surface area (Å²) in [6.45, 7) is -0.141. The summed E-state index contributed by atoms with van der Waals surface area (Å²) in [5.74, 6) is -1.00. The van der Waals surface area contributed by atoms with Crippen LogP contribution < -0.4 is 4.80 Å². The average molecular weight is 456 g/mol. The minimum Gasteiger partial charge on any atom is -0.468 e. The summed E-state index contributed by atoms with van der Waals surface area (Å²) in [4.78, 5) is 28.6. The number of esters is 1. The topological polar surface area (TPSA) is 60.7 Å². The lowest BCUT2D eigenvalue weighted by Crippen LogP contribution is -2.22. The lowest BCUT2D eigenvalue weighted by atomic mass is 10.2. The van der Waals surface area contributed by atoms with E-state index in [1.165, 1.54) is 29.1 Å². The summed E-state index contributed by atoms with van der Waals surface area (Å²) >= 11 is 19.6. The van der Waals surface area contributed by atoms with E-state index in [0.717, 1.165) is 0 Å². The Morgan fingerprint density at radius 3 is 2.64 bits per heavy atom. The Labute approximate surface area is 179 Å². The van der Waals surface area contributed by atoms with Gasteiger partial charge < -0.3 is 9.30 Å². The normalized spacial score (nSPS) is 12.1. The third-order valence-corrected chi connectivity index (χ3v) is 5.60. The minimum absolute atomic E-state index is 0.141. The van der Waals surface area contributed by atoms with Crippen LogP contribution in [0, 0.1) is 0 Å². The summed E-state index contributed by atoms with van der Waals surface area (Å²) in [6.07, 6.45) is 2.89. The molecule has 1 amide bonds. The molecular formula is C19H13Cl3N2O3S. The molecule has 3 aromatic rings. The minimum atomic E-state index is -0.507. The second-order valence-corrected chi connectivity index (χ2v) is 7.85. The Kier molecular flexibility index (Phi) is 6.57. The van der Waals surface area contributed by atoms with Crippen LogP contribution in [0.15, 0.2) is 47.5 Å². The molecule has 0 fully saturated rings. The molecule has 0 radical (unpaired) electrons. The Morgan fingerprint density at radius 1 is 1.18 bits per heavy atom. The van der Waals surface area contributed by atoms with Crippen molar-refractivity contribution in [3.05, 3.63) is 67.9 Å². The van der Waals surface area contributed by atoms with Crippen molar-refractivity contribution >= 4 is 74.3 Å². The van der Waals surface area contributed by atoms with Gasteiger partial charge in [0.1, 0.15) is 6.54 Å². The lowest BCUT2D eigenvalue weighted by Gasteiger charge is -2.05. The maximum atomic E-state index is 12.4. The van der Waals surface area contributed by atoms with Gasteiger partial charge in [-0.1, -0.05) is 64.3 Å². The molecule has 0 N–H and O–H groups in total. The molecule has 0 aliphatic carbocycles. The highest BCUT2D eigenvalue weighted by Gasteiger charge is 2.15. The number of fused-ring (bicyclic) bond motifs is 1. The molecule has 1 aromatic heterocycles. The molecule has 0 atom stereocenters. The predicted octanol–water partition coefficient (Wildman–Crippen LogP) is 4.98. The van der Waals surface area contributed by atoms with Crippen molar-refractivity contribution in [1.29, 1.82) is 0 Å². The van der Waals surface area contributed by atoms with E-state index in [1.807, 2.05) is 6.07 Å². The van der Waals surface area contributed by atoms with E-state index in [4.69, 9.17) is 39.5 Å². The zero-order valence-electron chi connectivity index (χ0n) is 14.5. The van der Waals surface area contributed by atoms with Gasteiger partial charge in [0.05, 0.1) is 22.3 Å². The van der Waals surface area contributed by atoms with E-state index in [1.54, 1.807) is 36.4 Å². The van der Waals surface area contributed by atoms with Gasteiger partial charge in [-0.2, -0.15) is 4.99 Å². The third kappa shape index (κ3) is 4.64. The van der Waals surface area contributed by atoms with E-state index in [9.17, 15) is 9.59 Å². The van der Waals surface area contributed by atoms with Gasteiger partial charge in [-0.25, -0.2) is 0 Å². The molecule has 9 heteroatoms. The van der Waals surface area contributed by atoms with Gasteiger partial charge in [-0.3, -0.25) is 9.59 Å². The zero-order chi connectivity index (χ0) is 20.3. The van der Waals surface area contributed by atoms with E-state index < -0.39 is 11.9 Å². The van der Waals surface area contributed by atoms with Gasteiger partial charge in [0.2, 0.25) is 0 Å². The van der Waals surface area contributed by atoms with Crippen molar-refractivity contribution in [1.82, 2.24) is 4.57 Å². The van der Waals surface area contributed by atoms with E-state index >= 15 is 0 Å². The van der Waals surface area contributed by atoms with Crippen LogP contribution in [0.1, 0.15) is 5.56 Å². The second-order valence-electron chi connectivity index (χ2n) is 5.59. The number of methoxy groups -OCH3 is 1. The Morgan fingerprint density at radius 2 is 1.93 bits per heavy atom. The standard InChI is InChI=1S/C19H13Cl3N2O3S/c1-27-17(26)10-24-18-14(22)8-12(20)9-15(18)28-19(24)23-16(25)7-6-11-4-2-3-5-13(11)21/h2-9H,10H2,1H3/b7-6+,23-19?. The molecule has 2 aromatic carbocycles. The molecule has 0 unspecified atom stereocenters. The molecule has 28 heavy (non-hydrogen) atoms. The second kappa shape index (κ2) is 8.92. The largest absolute Gasteiger partial charge is 0.468 e. The highest BCUT2D eigenvalue weighted by molar-refractivity contribution is 7.16. The Hall–Kier alpha value is -2.12. The summed E-state index contributed by atoms with van der Waals surface area (Å²) in [6, 6.07) is 10.4. The Balaban J connectivity index is 2.06.